The average Bonchev–Trinajstić information content (AvgIpc) is 2.06. The minimum absolute atomic E-state index is 0.0475. The van der Waals surface area contributed by atoms with Crippen molar-refractivity contribution in [3.8, 4) is 0 Å². The summed E-state index contributed by atoms with van der Waals surface area (Å²) in [5, 5.41) is 0. The van der Waals surface area contributed by atoms with Crippen molar-refractivity contribution in [2.24, 2.45) is 0 Å². The third-order valence-corrected chi connectivity index (χ3v) is 1.65. The van der Waals surface area contributed by atoms with Crippen LogP contribution in [0.2, 0.25) is 0 Å². The molecule has 0 aliphatic carbocycles. The van der Waals surface area contributed by atoms with E-state index in [0.29, 0.717) is 12.1 Å². The van der Waals surface area contributed by atoms with Crippen LogP contribution in [-0.4, -0.2) is 5.78 Å². The van der Waals surface area contributed by atoms with Crippen LogP contribution in [0.5, 0.6) is 0 Å². The molecule has 1 rings (SSSR count). The van der Waals surface area contributed by atoms with Crippen LogP contribution in [0.15, 0.2) is 42.7 Å². The molecule has 1 aromatic rings. The van der Waals surface area contributed by atoms with Gasteiger partial charge < -0.3 is 0 Å². The van der Waals surface area contributed by atoms with Gasteiger partial charge in [0.2, 0.25) is 0 Å². The molecule has 0 fully saturated rings. The molecule has 0 aliphatic rings. The van der Waals surface area contributed by atoms with E-state index in [2.05, 4.69) is 6.58 Å². The highest BCUT2D eigenvalue weighted by atomic mass is 16.1. The van der Waals surface area contributed by atoms with Crippen LogP contribution >= 0.6 is 0 Å². The molecule has 0 N–H and O–H groups in total. The Balaban J connectivity index is 2.65. The van der Waals surface area contributed by atoms with Crippen molar-refractivity contribution in [1.82, 2.24) is 0 Å². The number of rotatable bonds is 3. The molecule has 0 aromatic carbocycles. The number of pyridine rings is 1. The first-order valence-electron chi connectivity index (χ1n) is 3.83. The Hall–Kier alpha value is -1.44. The minimum atomic E-state index is 0.0475. The third-order valence-electron chi connectivity index (χ3n) is 1.65. The number of aromatic nitrogens is 1. The Labute approximate surface area is 72.2 Å². The number of hydrogen-bond donors (Lipinski definition) is 0. The number of nitrogens with zero attached hydrogens (tertiary/aromatic N) is 1. The van der Waals surface area contributed by atoms with Gasteiger partial charge in [0.25, 0.3) is 0 Å². The van der Waals surface area contributed by atoms with Gasteiger partial charge in [-0.25, -0.2) is 4.57 Å². The van der Waals surface area contributed by atoms with E-state index in [1.54, 1.807) is 0 Å². The topological polar surface area (TPSA) is 20.9 Å². The van der Waals surface area contributed by atoms with Gasteiger partial charge in [-0.3, -0.25) is 4.79 Å². The molecule has 0 saturated carbocycles. The lowest BCUT2D eigenvalue weighted by Crippen LogP contribution is -2.34. The zero-order valence-electron chi connectivity index (χ0n) is 7.16. The SMILES string of the molecule is C=C(C[n+]1ccccc1)C(C)=O. The molecule has 0 radical (unpaired) electrons. The fraction of sp³-hybridized carbons (Fsp3) is 0.200. The van der Waals surface area contributed by atoms with E-state index < -0.39 is 0 Å². The van der Waals surface area contributed by atoms with Gasteiger partial charge >= 0.3 is 0 Å². The molecule has 12 heavy (non-hydrogen) atoms. The van der Waals surface area contributed by atoms with E-state index in [-0.39, 0.29) is 5.78 Å². The molecule has 1 heterocycles. The second-order valence-corrected chi connectivity index (χ2v) is 2.71. The molecule has 0 aliphatic heterocycles. The van der Waals surface area contributed by atoms with Gasteiger partial charge in [0.1, 0.15) is 0 Å². The molecule has 0 spiro atoms. The molecule has 0 unspecified atom stereocenters. The Kier molecular flexibility index (Phi) is 2.75. The number of carbonyl (C=O) groups is 1. The first-order chi connectivity index (χ1) is 5.70. The van der Waals surface area contributed by atoms with Crippen molar-refractivity contribution < 1.29 is 9.36 Å². The summed E-state index contributed by atoms with van der Waals surface area (Å²) in [7, 11) is 0. The van der Waals surface area contributed by atoms with Gasteiger partial charge in [0.15, 0.2) is 24.7 Å². The molecule has 0 amide bonds. The second-order valence-electron chi connectivity index (χ2n) is 2.71. The van der Waals surface area contributed by atoms with Crippen molar-refractivity contribution in [3.63, 3.8) is 0 Å². The highest BCUT2D eigenvalue weighted by Crippen LogP contribution is 1.91. The van der Waals surface area contributed by atoms with E-state index >= 15 is 0 Å². The van der Waals surface area contributed by atoms with Crippen molar-refractivity contribution in [3.05, 3.63) is 42.7 Å². The lowest BCUT2D eigenvalue weighted by Gasteiger charge is -1.95. The highest BCUT2D eigenvalue weighted by Gasteiger charge is 2.05. The third kappa shape index (κ3) is 2.31. The van der Waals surface area contributed by atoms with Crippen molar-refractivity contribution in [2.45, 2.75) is 13.5 Å². The maximum atomic E-state index is 10.8. The van der Waals surface area contributed by atoms with Crippen LogP contribution in [0.25, 0.3) is 0 Å². The lowest BCUT2D eigenvalue weighted by molar-refractivity contribution is -0.688. The lowest BCUT2D eigenvalue weighted by atomic mass is 10.2. The number of ketones is 1. The largest absolute Gasteiger partial charge is 0.295 e. The molecular formula is C10H12NO+. The Morgan fingerprint density at radius 1 is 1.33 bits per heavy atom. The van der Waals surface area contributed by atoms with Gasteiger partial charge in [0.05, 0.1) is 5.57 Å². The molecule has 0 atom stereocenters. The molecule has 0 saturated heterocycles. The Morgan fingerprint density at radius 3 is 2.42 bits per heavy atom. The average molecular weight is 162 g/mol. The number of carbonyl (C=O) groups excluding carboxylic acids is 1. The van der Waals surface area contributed by atoms with Crippen molar-refractivity contribution in [1.29, 1.82) is 0 Å². The van der Waals surface area contributed by atoms with Crippen LogP contribution < -0.4 is 4.57 Å². The van der Waals surface area contributed by atoms with Gasteiger partial charge in [-0.15, -0.1) is 0 Å². The predicted octanol–water partition coefficient (Wildman–Crippen LogP) is 1.12. The summed E-state index contributed by atoms with van der Waals surface area (Å²) in [4.78, 5) is 10.8. The van der Waals surface area contributed by atoms with Gasteiger partial charge in [-0.1, -0.05) is 12.6 Å². The summed E-state index contributed by atoms with van der Waals surface area (Å²) in [5.41, 5.74) is 0.631. The zero-order chi connectivity index (χ0) is 8.97. The van der Waals surface area contributed by atoms with Gasteiger partial charge in [0, 0.05) is 12.1 Å². The van der Waals surface area contributed by atoms with Crippen LogP contribution in [0.1, 0.15) is 6.92 Å². The normalized spacial score (nSPS) is 9.42. The van der Waals surface area contributed by atoms with Crippen molar-refractivity contribution >= 4 is 5.78 Å². The molecule has 2 heteroatoms. The van der Waals surface area contributed by atoms with E-state index in [9.17, 15) is 4.79 Å². The quantitative estimate of drug-likeness (QED) is 0.482. The first-order valence-corrected chi connectivity index (χ1v) is 3.83. The van der Waals surface area contributed by atoms with E-state index in [4.69, 9.17) is 0 Å². The number of Topliss-reactive ketones (excluding diaryl/α,β-unsaturated/α-hetero) is 1. The first kappa shape index (κ1) is 8.65. The summed E-state index contributed by atoms with van der Waals surface area (Å²) in [6.45, 7) is 5.79. The molecular weight excluding hydrogens is 150 g/mol. The molecule has 2 nitrogen and oxygen atoms in total. The number of hydrogen-bond acceptors (Lipinski definition) is 1. The summed E-state index contributed by atoms with van der Waals surface area (Å²) >= 11 is 0. The fourth-order valence-electron chi connectivity index (χ4n) is 0.871. The maximum absolute atomic E-state index is 10.8. The summed E-state index contributed by atoms with van der Waals surface area (Å²) in [6, 6.07) is 5.79. The standard InChI is InChI=1S/C10H12NO/c1-9(10(2)12)8-11-6-4-3-5-7-11/h3-7H,1,8H2,2H3/q+1. The fourth-order valence-corrected chi connectivity index (χ4v) is 0.871. The zero-order valence-corrected chi connectivity index (χ0v) is 7.16. The highest BCUT2D eigenvalue weighted by molar-refractivity contribution is 5.92. The summed E-state index contributed by atoms with van der Waals surface area (Å²) in [6.07, 6.45) is 3.82. The maximum Gasteiger partial charge on any atom is 0.176 e. The smallest absolute Gasteiger partial charge is 0.176 e. The van der Waals surface area contributed by atoms with Crippen LogP contribution in [0.3, 0.4) is 0 Å². The minimum Gasteiger partial charge on any atom is -0.295 e. The van der Waals surface area contributed by atoms with Gasteiger partial charge in [-0.05, 0) is 6.92 Å². The second kappa shape index (κ2) is 3.81. The van der Waals surface area contributed by atoms with E-state index in [1.165, 1.54) is 6.92 Å². The molecule has 1 aromatic heterocycles. The van der Waals surface area contributed by atoms with E-state index in [1.807, 2.05) is 35.2 Å². The Morgan fingerprint density at radius 2 is 1.92 bits per heavy atom. The van der Waals surface area contributed by atoms with Crippen LogP contribution in [-0.2, 0) is 11.3 Å². The van der Waals surface area contributed by atoms with E-state index in [0.717, 1.165) is 0 Å². The number of allylic oxidation sites excluding steroid dienone is 1. The monoisotopic (exact) mass is 162 g/mol. The summed E-state index contributed by atoms with van der Waals surface area (Å²) < 4.78 is 1.92. The van der Waals surface area contributed by atoms with Crippen molar-refractivity contribution in [2.75, 3.05) is 0 Å². The Bertz CT molecular complexity index is 290. The van der Waals surface area contributed by atoms with Gasteiger partial charge in [-0.2, -0.15) is 0 Å². The van der Waals surface area contributed by atoms with Crippen LogP contribution in [0.4, 0.5) is 0 Å². The molecule has 0 bridgehead atoms. The summed E-state index contributed by atoms with van der Waals surface area (Å²) in [5.74, 6) is 0.0475. The molecule has 62 valence electrons. The van der Waals surface area contributed by atoms with Crippen LogP contribution in [0, 0.1) is 0 Å². The predicted molar refractivity (Wildman–Crippen MR) is 46.5 cm³/mol.